The summed E-state index contributed by atoms with van der Waals surface area (Å²) in [5.41, 5.74) is 1.91. The first-order chi connectivity index (χ1) is 16.6. The zero-order valence-electron chi connectivity index (χ0n) is 20.2. The molecule has 7 nitrogen and oxygen atoms in total. The molecule has 0 aromatic heterocycles. The molecule has 35 heavy (non-hydrogen) atoms. The molecule has 2 aromatic rings. The van der Waals surface area contributed by atoms with Gasteiger partial charge in [-0.3, -0.25) is 14.6 Å². The minimum absolute atomic E-state index is 0.0418. The van der Waals surface area contributed by atoms with Crippen molar-refractivity contribution >= 4 is 11.6 Å². The Morgan fingerprint density at radius 3 is 2.26 bits per heavy atom. The van der Waals surface area contributed by atoms with Gasteiger partial charge in [0.15, 0.2) is 11.5 Å². The van der Waals surface area contributed by atoms with Crippen molar-refractivity contribution in [3.63, 3.8) is 0 Å². The Labute approximate surface area is 203 Å². The van der Waals surface area contributed by atoms with Gasteiger partial charge < -0.3 is 19.9 Å². The van der Waals surface area contributed by atoms with Gasteiger partial charge in [0, 0.05) is 38.4 Å². The number of amides is 1. The Bertz CT molecular complexity index is 988. The molecule has 2 N–H and O–H groups in total. The number of nitrogens with zero attached hydrogens (tertiary/aromatic N) is 2. The van der Waals surface area contributed by atoms with Gasteiger partial charge in [-0.2, -0.15) is 13.2 Å². The third-order valence-corrected chi connectivity index (χ3v) is 5.97. The Morgan fingerprint density at radius 1 is 1.06 bits per heavy atom. The van der Waals surface area contributed by atoms with Crippen molar-refractivity contribution in [3.8, 4) is 11.5 Å². The van der Waals surface area contributed by atoms with E-state index >= 15 is 0 Å². The number of β-amino-alcohol motifs (C(OH)–C–C–N with tert-alkyl or cyclic N) is 1. The number of carbonyl (C=O) groups is 1. The molecule has 3 rings (SSSR count). The van der Waals surface area contributed by atoms with Crippen LogP contribution in [0.2, 0.25) is 0 Å². The van der Waals surface area contributed by atoms with Gasteiger partial charge in [0.2, 0.25) is 5.91 Å². The summed E-state index contributed by atoms with van der Waals surface area (Å²) >= 11 is 0. The number of aliphatic hydroxyl groups is 1. The van der Waals surface area contributed by atoms with Crippen LogP contribution in [0.4, 0.5) is 18.9 Å². The van der Waals surface area contributed by atoms with E-state index < -0.39 is 23.6 Å². The van der Waals surface area contributed by atoms with E-state index in [2.05, 4.69) is 5.32 Å². The lowest BCUT2D eigenvalue weighted by molar-refractivity contribution is -0.139. The second kappa shape index (κ2) is 11.7. The number of aryl methyl sites for hydroxylation is 2. The predicted octanol–water partition coefficient (Wildman–Crippen LogP) is 3.33. The van der Waals surface area contributed by atoms with Gasteiger partial charge in [0.25, 0.3) is 0 Å². The molecule has 192 valence electrons. The molecule has 1 amide bonds. The largest absolute Gasteiger partial charge is 0.493 e. The third kappa shape index (κ3) is 7.33. The van der Waals surface area contributed by atoms with Crippen LogP contribution in [0.1, 0.15) is 16.7 Å². The Hall–Kier alpha value is -2.82. The number of hydrogen-bond donors (Lipinski definition) is 2. The van der Waals surface area contributed by atoms with Crippen LogP contribution in [-0.2, 0) is 11.0 Å². The van der Waals surface area contributed by atoms with Crippen molar-refractivity contribution in [2.24, 2.45) is 0 Å². The van der Waals surface area contributed by atoms with Gasteiger partial charge in [0.1, 0.15) is 18.3 Å². The van der Waals surface area contributed by atoms with Gasteiger partial charge in [-0.05, 0) is 37.1 Å². The molecule has 0 spiro atoms. The summed E-state index contributed by atoms with van der Waals surface area (Å²) < 4.78 is 50.3. The van der Waals surface area contributed by atoms with Gasteiger partial charge in [-0.1, -0.05) is 24.3 Å². The maximum atomic E-state index is 13.3. The Morgan fingerprint density at radius 2 is 1.66 bits per heavy atom. The lowest BCUT2D eigenvalue weighted by atomic mass is 10.1. The fraction of sp³-hybridized carbons (Fsp3) is 0.480. The van der Waals surface area contributed by atoms with E-state index in [1.807, 2.05) is 41.8 Å². The number of rotatable bonds is 9. The van der Waals surface area contributed by atoms with Crippen LogP contribution in [0.25, 0.3) is 0 Å². The molecule has 0 aliphatic carbocycles. The van der Waals surface area contributed by atoms with Crippen molar-refractivity contribution in [3.05, 3.63) is 53.1 Å². The number of ether oxygens (including phenoxy) is 2. The topological polar surface area (TPSA) is 74.3 Å². The summed E-state index contributed by atoms with van der Waals surface area (Å²) in [6.07, 6.45) is -5.59. The molecule has 0 radical (unpaired) electrons. The quantitative estimate of drug-likeness (QED) is 0.556. The smallest absolute Gasteiger partial charge is 0.420 e. The molecule has 1 saturated heterocycles. The fourth-order valence-corrected chi connectivity index (χ4v) is 4.10. The van der Waals surface area contributed by atoms with Crippen LogP contribution in [0, 0.1) is 13.8 Å². The average molecular weight is 496 g/mol. The highest BCUT2D eigenvalue weighted by molar-refractivity contribution is 5.93. The first kappa shape index (κ1) is 26.8. The molecule has 0 unspecified atom stereocenters. The maximum Gasteiger partial charge on any atom is 0.420 e. The number of para-hydroxylation sites is 2. The molecule has 10 heteroatoms. The summed E-state index contributed by atoms with van der Waals surface area (Å²) in [5, 5.41) is 13.4. The van der Waals surface area contributed by atoms with Crippen molar-refractivity contribution in [2.45, 2.75) is 26.1 Å². The number of hydrogen-bond acceptors (Lipinski definition) is 6. The van der Waals surface area contributed by atoms with E-state index in [1.165, 1.54) is 19.2 Å². The lowest BCUT2D eigenvalue weighted by Gasteiger charge is -2.35. The minimum Gasteiger partial charge on any atom is -0.493 e. The number of alkyl halides is 3. The molecule has 0 saturated carbocycles. The molecule has 1 aliphatic rings. The zero-order valence-corrected chi connectivity index (χ0v) is 20.2. The average Bonchev–Trinajstić information content (AvgIpc) is 2.80. The Balaban J connectivity index is 1.45. The number of halogens is 3. The molecule has 2 aromatic carbocycles. The van der Waals surface area contributed by atoms with E-state index in [9.17, 15) is 23.1 Å². The summed E-state index contributed by atoms with van der Waals surface area (Å²) in [6, 6.07) is 9.40. The predicted molar refractivity (Wildman–Crippen MR) is 127 cm³/mol. The standard InChI is InChI=1S/C25H32F3N3O4/c1-17-6-4-7-18(2)23(17)29-22(33)15-31-12-10-30(11-13-31)14-19(32)16-35-24-20(25(26,27)28)8-5-9-21(24)34-3/h4-9,19,32H,10-16H2,1-3H3,(H,29,33)/t19-/m1/s1. The highest BCUT2D eigenvalue weighted by Crippen LogP contribution is 2.41. The highest BCUT2D eigenvalue weighted by Gasteiger charge is 2.36. The van der Waals surface area contributed by atoms with Crippen LogP contribution < -0.4 is 14.8 Å². The van der Waals surface area contributed by atoms with E-state index in [4.69, 9.17) is 9.47 Å². The lowest BCUT2D eigenvalue weighted by Crippen LogP contribution is -2.50. The molecule has 1 atom stereocenters. The van der Waals surface area contributed by atoms with E-state index in [0.29, 0.717) is 26.2 Å². The van der Waals surface area contributed by atoms with Crippen LogP contribution >= 0.6 is 0 Å². The summed E-state index contributed by atoms with van der Waals surface area (Å²) in [5.74, 6) is -0.553. The SMILES string of the molecule is COc1cccc(C(F)(F)F)c1OC[C@H](O)CN1CCN(CC(=O)Nc2c(C)cccc2C)CC1. The van der Waals surface area contributed by atoms with Gasteiger partial charge in [-0.15, -0.1) is 0 Å². The second-order valence-electron chi connectivity index (χ2n) is 8.69. The van der Waals surface area contributed by atoms with Crippen molar-refractivity contribution in [2.75, 3.05) is 58.3 Å². The van der Waals surface area contributed by atoms with Crippen LogP contribution in [0.3, 0.4) is 0 Å². The monoisotopic (exact) mass is 495 g/mol. The first-order valence-corrected chi connectivity index (χ1v) is 11.4. The molecular weight excluding hydrogens is 463 g/mol. The number of benzene rings is 2. The van der Waals surface area contributed by atoms with Crippen LogP contribution in [0.5, 0.6) is 11.5 Å². The van der Waals surface area contributed by atoms with E-state index in [1.54, 1.807) is 0 Å². The highest BCUT2D eigenvalue weighted by atomic mass is 19.4. The minimum atomic E-state index is -4.60. The molecule has 1 heterocycles. The summed E-state index contributed by atoms with van der Waals surface area (Å²) in [4.78, 5) is 16.5. The number of nitrogens with one attached hydrogen (secondary N) is 1. The van der Waals surface area contributed by atoms with Crippen molar-refractivity contribution < 1.29 is 32.5 Å². The van der Waals surface area contributed by atoms with Gasteiger partial charge in [0.05, 0.1) is 13.7 Å². The number of anilines is 1. The van der Waals surface area contributed by atoms with E-state index in [-0.39, 0.29) is 31.4 Å². The van der Waals surface area contributed by atoms with Gasteiger partial charge in [-0.25, -0.2) is 0 Å². The molecule has 0 bridgehead atoms. The summed E-state index contributed by atoms with van der Waals surface area (Å²) in [7, 11) is 1.26. The second-order valence-corrected chi connectivity index (χ2v) is 8.69. The normalized spacial score (nSPS) is 16.1. The van der Waals surface area contributed by atoms with Crippen LogP contribution in [-0.4, -0.2) is 79.9 Å². The zero-order chi connectivity index (χ0) is 25.6. The molecular formula is C25H32F3N3O4. The number of piperazine rings is 1. The maximum absolute atomic E-state index is 13.3. The fourth-order valence-electron chi connectivity index (χ4n) is 4.10. The number of methoxy groups -OCH3 is 1. The van der Waals surface area contributed by atoms with Crippen molar-refractivity contribution in [1.29, 1.82) is 0 Å². The van der Waals surface area contributed by atoms with Gasteiger partial charge >= 0.3 is 6.18 Å². The number of carbonyl (C=O) groups excluding carboxylic acids is 1. The van der Waals surface area contributed by atoms with E-state index in [0.717, 1.165) is 22.9 Å². The molecule has 1 fully saturated rings. The first-order valence-electron chi connectivity index (χ1n) is 11.4. The third-order valence-electron chi connectivity index (χ3n) is 5.97. The number of aliphatic hydroxyl groups excluding tert-OH is 1. The Kier molecular flexibility index (Phi) is 8.98. The molecule has 1 aliphatic heterocycles. The summed E-state index contributed by atoms with van der Waals surface area (Å²) in [6.45, 7) is 6.63. The van der Waals surface area contributed by atoms with Crippen molar-refractivity contribution in [1.82, 2.24) is 9.80 Å². The van der Waals surface area contributed by atoms with Crippen LogP contribution in [0.15, 0.2) is 36.4 Å².